The first kappa shape index (κ1) is 13.8. The highest BCUT2D eigenvalue weighted by atomic mass is 35.5. The average Bonchev–Trinajstić information content (AvgIpc) is 2.95. The van der Waals surface area contributed by atoms with Gasteiger partial charge in [-0.3, -0.25) is 0 Å². The summed E-state index contributed by atoms with van der Waals surface area (Å²) in [5.74, 6) is 0.725. The fraction of sp³-hybridized carbons (Fsp3) is 0.133. The molecule has 0 amide bonds. The summed E-state index contributed by atoms with van der Waals surface area (Å²) < 4.78 is 0. The molecule has 2 heterocycles. The van der Waals surface area contributed by atoms with Gasteiger partial charge in [-0.15, -0.1) is 11.3 Å². The van der Waals surface area contributed by atoms with Crippen LogP contribution < -0.4 is 5.32 Å². The first-order valence-corrected chi connectivity index (χ1v) is 7.60. The largest absolute Gasteiger partial charge is 0.363 e. The van der Waals surface area contributed by atoms with Gasteiger partial charge in [-0.1, -0.05) is 12.1 Å². The normalized spacial score (nSPS) is 12.0. The Morgan fingerprint density at radius 1 is 1.24 bits per heavy atom. The number of hydrogen-bond acceptors (Lipinski definition) is 5. The molecule has 3 aromatic rings. The lowest BCUT2D eigenvalue weighted by Crippen LogP contribution is -2.08. The molecule has 104 valence electrons. The first-order chi connectivity index (χ1) is 10.2. The molecule has 4 nitrogen and oxygen atoms in total. The third kappa shape index (κ3) is 2.82. The summed E-state index contributed by atoms with van der Waals surface area (Å²) in [6.07, 6.45) is 0. The van der Waals surface area contributed by atoms with Crippen LogP contribution in [0.1, 0.15) is 24.1 Å². The van der Waals surface area contributed by atoms with E-state index < -0.39 is 0 Å². The van der Waals surface area contributed by atoms with Crippen LogP contribution in [0.4, 0.5) is 5.82 Å². The molecular weight excluding hydrogens is 304 g/mol. The molecule has 1 N–H and O–H groups in total. The van der Waals surface area contributed by atoms with Crippen molar-refractivity contribution in [1.82, 2.24) is 9.97 Å². The van der Waals surface area contributed by atoms with Gasteiger partial charge >= 0.3 is 0 Å². The van der Waals surface area contributed by atoms with E-state index in [4.69, 9.17) is 16.9 Å². The number of benzene rings is 1. The predicted molar refractivity (Wildman–Crippen MR) is 85.6 cm³/mol. The van der Waals surface area contributed by atoms with Gasteiger partial charge in [0.15, 0.2) is 0 Å². The maximum atomic E-state index is 8.83. The zero-order chi connectivity index (χ0) is 14.8. The highest BCUT2D eigenvalue weighted by Gasteiger charge is 2.11. The van der Waals surface area contributed by atoms with Gasteiger partial charge in [0.1, 0.15) is 10.6 Å². The molecule has 0 aliphatic heterocycles. The lowest BCUT2D eigenvalue weighted by Gasteiger charge is -2.15. The smallest absolute Gasteiger partial charge is 0.225 e. The van der Waals surface area contributed by atoms with E-state index in [1.165, 1.54) is 11.3 Å². The van der Waals surface area contributed by atoms with Crippen LogP contribution in [0.3, 0.4) is 0 Å². The van der Waals surface area contributed by atoms with Crippen molar-refractivity contribution in [3.8, 4) is 6.07 Å². The summed E-state index contributed by atoms with van der Waals surface area (Å²) in [6, 6.07) is 11.6. The minimum atomic E-state index is 0.0480. The van der Waals surface area contributed by atoms with Gasteiger partial charge in [0, 0.05) is 6.04 Å². The molecular formula is C15H11ClN4S. The van der Waals surface area contributed by atoms with Gasteiger partial charge in [-0.25, -0.2) is 9.97 Å². The van der Waals surface area contributed by atoms with Crippen molar-refractivity contribution in [3.63, 3.8) is 0 Å². The van der Waals surface area contributed by atoms with E-state index in [1.807, 2.05) is 30.5 Å². The van der Waals surface area contributed by atoms with Crippen molar-refractivity contribution >= 4 is 39.0 Å². The molecule has 0 radical (unpaired) electrons. The summed E-state index contributed by atoms with van der Waals surface area (Å²) in [5.41, 5.74) is 1.73. The van der Waals surface area contributed by atoms with E-state index in [0.717, 1.165) is 21.6 Å². The van der Waals surface area contributed by atoms with Gasteiger partial charge in [0.25, 0.3) is 0 Å². The molecule has 21 heavy (non-hydrogen) atoms. The Balaban J connectivity index is 1.90. The van der Waals surface area contributed by atoms with Crippen molar-refractivity contribution in [2.24, 2.45) is 0 Å². The van der Waals surface area contributed by atoms with Crippen molar-refractivity contribution in [3.05, 3.63) is 52.1 Å². The van der Waals surface area contributed by atoms with Gasteiger partial charge in [0.05, 0.1) is 17.0 Å². The van der Waals surface area contributed by atoms with Crippen LogP contribution in [0.2, 0.25) is 5.28 Å². The maximum Gasteiger partial charge on any atom is 0.225 e. The molecule has 0 aliphatic rings. The number of nitriles is 1. The number of thiophene rings is 1. The molecule has 0 aliphatic carbocycles. The number of fused-ring (bicyclic) bond motifs is 1. The van der Waals surface area contributed by atoms with Gasteiger partial charge in [0.2, 0.25) is 5.28 Å². The summed E-state index contributed by atoms with van der Waals surface area (Å²) in [4.78, 5) is 9.33. The molecule has 0 saturated heterocycles. The minimum Gasteiger partial charge on any atom is -0.363 e. The lowest BCUT2D eigenvalue weighted by molar-refractivity contribution is 0.876. The van der Waals surface area contributed by atoms with Gasteiger partial charge in [-0.05, 0) is 47.7 Å². The topological polar surface area (TPSA) is 61.6 Å². The lowest BCUT2D eigenvalue weighted by atomic mass is 10.1. The Kier molecular flexibility index (Phi) is 3.74. The zero-order valence-electron chi connectivity index (χ0n) is 11.2. The SMILES string of the molecule is CC(Nc1nc(Cl)nc2sccc12)c1ccc(C#N)cc1. The van der Waals surface area contributed by atoms with Crippen LogP contribution in [-0.2, 0) is 0 Å². The van der Waals surface area contributed by atoms with Crippen molar-refractivity contribution in [2.75, 3.05) is 5.32 Å². The second kappa shape index (κ2) is 5.68. The van der Waals surface area contributed by atoms with Crippen LogP contribution in [0, 0.1) is 11.3 Å². The number of anilines is 1. The number of halogens is 1. The standard InChI is InChI=1S/C15H11ClN4S/c1-9(11-4-2-10(8-17)3-5-11)18-13-12-6-7-21-14(12)20-15(16)19-13/h2-7,9H,1H3,(H,18,19,20). The van der Waals surface area contributed by atoms with E-state index in [2.05, 4.69) is 21.4 Å². The molecule has 1 aromatic carbocycles. The van der Waals surface area contributed by atoms with Gasteiger partial charge < -0.3 is 5.32 Å². The number of aromatic nitrogens is 2. The number of hydrogen-bond donors (Lipinski definition) is 1. The van der Waals surface area contributed by atoms with Crippen LogP contribution in [0.5, 0.6) is 0 Å². The molecule has 0 bridgehead atoms. The monoisotopic (exact) mass is 314 g/mol. The fourth-order valence-electron chi connectivity index (χ4n) is 2.07. The van der Waals surface area contributed by atoms with E-state index in [9.17, 15) is 0 Å². The summed E-state index contributed by atoms with van der Waals surface area (Å²) in [5, 5.41) is 15.3. The first-order valence-electron chi connectivity index (χ1n) is 6.34. The fourth-order valence-corrected chi connectivity index (χ4v) is 3.06. The Hall–Kier alpha value is -2.16. The molecule has 1 atom stereocenters. The third-order valence-electron chi connectivity index (χ3n) is 3.19. The average molecular weight is 315 g/mol. The van der Waals surface area contributed by atoms with Crippen molar-refractivity contribution in [2.45, 2.75) is 13.0 Å². The molecule has 3 rings (SSSR count). The zero-order valence-corrected chi connectivity index (χ0v) is 12.7. The summed E-state index contributed by atoms with van der Waals surface area (Å²) in [6.45, 7) is 2.04. The number of nitrogens with zero attached hydrogens (tertiary/aromatic N) is 3. The molecule has 6 heteroatoms. The van der Waals surface area contributed by atoms with E-state index in [0.29, 0.717) is 5.56 Å². The van der Waals surface area contributed by atoms with Crippen molar-refractivity contribution in [1.29, 1.82) is 5.26 Å². The highest BCUT2D eigenvalue weighted by molar-refractivity contribution is 7.16. The molecule has 0 fully saturated rings. The Labute approximate surface area is 131 Å². The van der Waals surface area contributed by atoms with E-state index >= 15 is 0 Å². The molecule has 0 spiro atoms. The Bertz CT molecular complexity index is 820. The summed E-state index contributed by atoms with van der Waals surface area (Å²) >= 11 is 7.49. The van der Waals surface area contributed by atoms with E-state index in [1.54, 1.807) is 12.1 Å². The maximum absolute atomic E-state index is 8.83. The highest BCUT2D eigenvalue weighted by Crippen LogP contribution is 2.29. The Morgan fingerprint density at radius 2 is 2.00 bits per heavy atom. The molecule has 1 unspecified atom stereocenters. The Morgan fingerprint density at radius 3 is 2.71 bits per heavy atom. The number of rotatable bonds is 3. The third-order valence-corrected chi connectivity index (χ3v) is 4.17. The quantitative estimate of drug-likeness (QED) is 0.728. The number of nitrogens with one attached hydrogen (secondary N) is 1. The van der Waals surface area contributed by atoms with Crippen LogP contribution in [0.25, 0.3) is 10.2 Å². The molecule has 2 aromatic heterocycles. The van der Waals surface area contributed by atoms with Crippen molar-refractivity contribution < 1.29 is 0 Å². The summed E-state index contributed by atoms with van der Waals surface area (Å²) in [7, 11) is 0. The predicted octanol–water partition coefficient (Wildman–Crippen LogP) is 4.39. The van der Waals surface area contributed by atoms with E-state index in [-0.39, 0.29) is 11.3 Å². The van der Waals surface area contributed by atoms with Crippen LogP contribution in [0.15, 0.2) is 35.7 Å². The van der Waals surface area contributed by atoms with Gasteiger partial charge in [-0.2, -0.15) is 5.26 Å². The second-order valence-electron chi connectivity index (χ2n) is 4.58. The minimum absolute atomic E-state index is 0.0480. The van der Waals surface area contributed by atoms with Crippen LogP contribution >= 0.6 is 22.9 Å². The molecule has 0 saturated carbocycles. The second-order valence-corrected chi connectivity index (χ2v) is 5.81. The van der Waals surface area contributed by atoms with Crippen LogP contribution in [-0.4, -0.2) is 9.97 Å².